The fraction of sp³-hybridized carbons (Fsp3) is 0.323. The third-order valence-corrected chi connectivity index (χ3v) is 7.42. The lowest BCUT2D eigenvalue weighted by Gasteiger charge is -2.31. The molecule has 2 heterocycles. The Kier molecular flexibility index (Phi) is 6.90. The van der Waals surface area contributed by atoms with E-state index in [2.05, 4.69) is 24.8 Å². The molecule has 0 radical (unpaired) electrons. The second-order valence-electron chi connectivity index (χ2n) is 10.1. The van der Waals surface area contributed by atoms with E-state index in [1.54, 1.807) is 24.3 Å². The van der Waals surface area contributed by atoms with Gasteiger partial charge in [0.15, 0.2) is 11.6 Å². The molecule has 3 aromatic rings. The number of aromatic hydroxyl groups is 1. The Morgan fingerprint density at radius 2 is 1.97 bits per heavy atom. The van der Waals surface area contributed by atoms with Gasteiger partial charge in [-0.05, 0) is 85.8 Å². The van der Waals surface area contributed by atoms with Crippen LogP contribution < -0.4 is 9.47 Å². The zero-order valence-corrected chi connectivity index (χ0v) is 21.4. The van der Waals surface area contributed by atoms with Crippen LogP contribution in [0.2, 0.25) is 0 Å². The predicted octanol–water partition coefficient (Wildman–Crippen LogP) is 6.58. The Hall–Kier alpha value is -3.82. The lowest BCUT2D eigenvalue weighted by molar-refractivity contribution is 0.169. The molecule has 1 N–H and O–H groups in total. The molecule has 3 atom stereocenters. The summed E-state index contributed by atoms with van der Waals surface area (Å²) in [5.74, 6) is 0.743. The summed E-state index contributed by atoms with van der Waals surface area (Å²) < 4.78 is 27.4. The topological polar surface area (TPSA) is 65.7 Å². The smallest absolute Gasteiger partial charge is 0.176 e. The van der Waals surface area contributed by atoms with Gasteiger partial charge in [0.05, 0.1) is 17.2 Å². The molecule has 1 saturated heterocycles. The lowest BCUT2D eigenvalue weighted by Crippen LogP contribution is -2.35. The maximum Gasteiger partial charge on any atom is 0.176 e. The van der Waals surface area contributed by atoms with Gasteiger partial charge in [0.25, 0.3) is 0 Å². The molecule has 0 saturated carbocycles. The van der Waals surface area contributed by atoms with Gasteiger partial charge in [0.1, 0.15) is 24.2 Å². The molecule has 0 amide bonds. The summed E-state index contributed by atoms with van der Waals surface area (Å²) in [6, 6.07) is 20.4. The first kappa shape index (κ1) is 24.9. The number of fused-ring (bicyclic) bond motifs is 1. The van der Waals surface area contributed by atoms with Gasteiger partial charge in [0.2, 0.25) is 0 Å². The minimum atomic E-state index is -0.715. The van der Waals surface area contributed by atoms with Crippen LogP contribution in [-0.4, -0.2) is 35.7 Å². The van der Waals surface area contributed by atoms with Crippen LogP contribution in [0.15, 0.2) is 60.7 Å². The number of nitrogens with zero attached hydrogens (tertiary/aromatic N) is 2. The van der Waals surface area contributed by atoms with Gasteiger partial charge in [-0.3, -0.25) is 4.90 Å². The summed E-state index contributed by atoms with van der Waals surface area (Å²) in [5, 5.41) is 19.4. The number of ether oxygens (including phenoxy) is 2. The van der Waals surface area contributed by atoms with Gasteiger partial charge in [-0.15, -0.1) is 0 Å². The highest BCUT2D eigenvalue weighted by Crippen LogP contribution is 2.48. The Morgan fingerprint density at radius 3 is 2.68 bits per heavy atom. The highest BCUT2D eigenvalue weighted by molar-refractivity contribution is 5.96. The molecule has 0 bridgehead atoms. The third kappa shape index (κ3) is 4.92. The van der Waals surface area contributed by atoms with Crippen LogP contribution >= 0.6 is 0 Å². The monoisotopic (exact) mass is 498 g/mol. The Morgan fingerprint density at radius 1 is 1.19 bits per heavy atom. The first-order valence-corrected chi connectivity index (χ1v) is 12.7. The largest absolute Gasteiger partial charge is 0.505 e. The third-order valence-electron chi connectivity index (χ3n) is 7.42. The van der Waals surface area contributed by atoms with Crippen LogP contribution in [-0.2, 0) is 0 Å². The number of hydrogen-bond acceptors (Lipinski definition) is 5. The number of likely N-dealkylation sites (tertiary alicyclic amines) is 1. The van der Waals surface area contributed by atoms with Gasteiger partial charge < -0.3 is 14.6 Å². The minimum absolute atomic E-state index is 0.235. The first-order valence-electron chi connectivity index (χ1n) is 12.7. The van der Waals surface area contributed by atoms with E-state index in [0.29, 0.717) is 29.5 Å². The highest BCUT2D eigenvalue weighted by Gasteiger charge is 2.32. The van der Waals surface area contributed by atoms with E-state index in [9.17, 15) is 14.8 Å². The van der Waals surface area contributed by atoms with Crippen LogP contribution in [0.5, 0.6) is 17.2 Å². The predicted molar refractivity (Wildman–Crippen MR) is 142 cm³/mol. The molecule has 37 heavy (non-hydrogen) atoms. The number of rotatable bonds is 6. The van der Waals surface area contributed by atoms with Crippen molar-refractivity contribution >= 4 is 11.1 Å². The van der Waals surface area contributed by atoms with Crippen molar-refractivity contribution in [3.63, 3.8) is 0 Å². The molecule has 3 aromatic carbocycles. The van der Waals surface area contributed by atoms with E-state index in [0.717, 1.165) is 41.5 Å². The standard InChI is InChI=1S/C31H31FN2O3/c1-19-13-14-34(17-19)20(2)18-36-25-9-7-23(8-10-25)31-28(24-6-4-5-22(15-24)16-33)21(3)29-27(37-31)12-11-26(35)30(29)32/h4-12,15,19-20,31,35H,13-14,17-18H2,1-3H3. The summed E-state index contributed by atoms with van der Waals surface area (Å²) >= 11 is 0. The Balaban J connectivity index is 1.45. The summed E-state index contributed by atoms with van der Waals surface area (Å²) in [7, 11) is 0. The van der Waals surface area contributed by atoms with Crippen LogP contribution in [0, 0.1) is 23.1 Å². The van der Waals surface area contributed by atoms with E-state index >= 15 is 0 Å². The van der Waals surface area contributed by atoms with Crippen molar-refractivity contribution < 1.29 is 19.0 Å². The maximum atomic E-state index is 15.0. The molecule has 0 aromatic heterocycles. The number of allylic oxidation sites excluding steroid dienone is 1. The number of halogens is 1. The fourth-order valence-electron chi connectivity index (χ4n) is 5.30. The lowest BCUT2D eigenvalue weighted by atomic mass is 9.85. The average molecular weight is 499 g/mol. The van der Waals surface area contributed by atoms with Gasteiger partial charge in [-0.1, -0.05) is 31.2 Å². The van der Waals surface area contributed by atoms with Crippen LogP contribution in [0.4, 0.5) is 4.39 Å². The molecule has 2 aliphatic heterocycles. The van der Waals surface area contributed by atoms with Crippen molar-refractivity contribution in [3.8, 4) is 23.3 Å². The molecule has 3 unspecified atom stereocenters. The number of hydrogen-bond donors (Lipinski definition) is 1. The minimum Gasteiger partial charge on any atom is -0.505 e. The second-order valence-corrected chi connectivity index (χ2v) is 10.1. The molecule has 0 aliphatic carbocycles. The van der Waals surface area contributed by atoms with Gasteiger partial charge in [-0.25, -0.2) is 4.39 Å². The zero-order valence-electron chi connectivity index (χ0n) is 21.4. The fourth-order valence-corrected chi connectivity index (χ4v) is 5.30. The van der Waals surface area contributed by atoms with Crippen LogP contribution in [0.3, 0.4) is 0 Å². The summed E-state index contributed by atoms with van der Waals surface area (Å²) in [6.07, 6.45) is 0.712. The van der Waals surface area contributed by atoms with Crippen molar-refractivity contribution in [2.75, 3.05) is 19.7 Å². The Bertz CT molecular complexity index is 1380. The van der Waals surface area contributed by atoms with E-state index in [1.807, 2.05) is 37.3 Å². The number of benzene rings is 3. The van der Waals surface area contributed by atoms with E-state index in [4.69, 9.17) is 9.47 Å². The molecule has 1 fully saturated rings. The molecular formula is C31H31FN2O3. The van der Waals surface area contributed by atoms with Gasteiger partial charge >= 0.3 is 0 Å². The van der Waals surface area contributed by atoms with E-state index < -0.39 is 17.7 Å². The average Bonchev–Trinajstić information content (AvgIpc) is 3.35. The SMILES string of the molecule is CC1=C(c2cccc(C#N)c2)C(c2ccc(OCC(C)N3CCC(C)C3)cc2)Oc2ccc(O)c(F)c21. The molecule has 5 rings (SSSR count). The normalized spacial score (nSPS) is 20.2. The quantitative estimate of drug-likeness (QED) is 0.416. The van der Waals surface area contributed by atoms with Crippen molar-refractivity contribution in [2.24, 2.45) is 5.92 Å². The molecule has 190 valence electrons. The summed E-state index contributed by atoms with van der Waals surface area (Å²) in [6.45, 7) is 9.16. The molecule has 6 heteroatoms. The van der Waals surface area contributed by atoms with E-state index in [-0.39, 0.29) is 5.56 Å². The van der Waals surface area contributed by atoms with Crippen LogP contribution in [0.25, 0.3) is 11.1 Å². The Labute approximate surface area is 217 Å². The molecule has 0 spiro atoms. The molecule has 5 nitrogen and oxygen atoms in total. The highest BCUT2D eigenvalue weighted by atomic mass is 19.1. The van der Waals surface area contributed by atoms with Crippen LogP contribution in [0.1, 0.15) is 55.5 Å². The maximum absolute atomic E-state index is 15.0. The number of nitriles is 1. The number of phenols is 1. The van der Waals surface area contributed by atoms with Gasteiger partial charge in [-0.2, -0.15) is 5.26 Å². The first-order chi connectivity index (χ1) is 17.9. The van der Waals surface area contributed by atoms with Crippen molar-refractivity contribution in [3.05, 3.63) is 88.7 Å². The molecular weight excluding hydrogens is 467 g/mol. The van der Waals surface area contributed by atoms with Crippen molar-refractivity contribution in [1.82, 2.24) is 4.90 Å². The summed E-state index contributed by atoms with van der Waals surface area (Å²) in [4.78, 5) is 2.47. The number of phenolic OH excluding ortho intramolecular Hbond substituents is 1. The molecule has 2 aliphatic rings. The summed E-state index contributed by atoms with van der Waals surface area (Å²) in [5.41, 5.74) is 3.79. The van der Waals surface area contributed by atoms with Crippen molar-refractivity contribution in [2.45, 2.75) is 39.3 Å². The second kappa shape index (κ2) is 10.3. The van der Waals surface area contributed by atoms with Crippen molar-refractivity contribution in [1.29, 1.82) is 5.26 Å². The van der Waals surface area contributed by atoms with E-state index in [1.165, 1.54) is 12.5 Å². The van der Waals surface area contributed by atoms with Gasteiger partial charge in [0, 0.05) is 18.2 Å². The zero-order chi connectivity index (χ0) is 26.1.